The summed E-state index contributed by atoms with van der Waals surface area (Å²) in [5.41, 5.74) is 6.63. The lowest BCUT2D eigenvalue weighted by Gasteiger charge is -2.35. The second-order valence-electron chi connectivity index (χ2n) is 8.58. The van der Waals surface area contributed by atoms with Crippen LogP contribution in [0.5, 0.6) is 0 Å². The molecule has 10 nitrogen and oxygen atoms in total. The van der Waals surface area contributed by atoms with E-state index in [1.54, 1.807) is 48.5 Å². The number of hydrogen-bond donors (Lipinski definition) is 3. The number of anilines is 3. The summed E-state index contributed by atoms with van der Waals surface area (Å²) in [6.07, 6.45) is 3.64. The first-order valence-corrected chi connectivity index (χ1v) is 11.6. The van der Waals surface area contributed by atoms with E-state index in [1.807, 2.05) is 29.2 Å². The smallest absolute Gasteiger partial charge is 0.338 e. The molecule has 2 heterocycles. The van der Waals surface area contributed by atoms with Crippen molar-refractivity contribution in [1.29, 1.82) is 0 Å². The largest absolute Gasteiger partial charge is 0.461 e. The zero-order valence-corrected chi connectivity index (χ0v) is 19.3. The second kappa shape index (κ2) is 9.95. The molecule has 1 aliphatic heterocycles. The van der Waals surface area contributed by atoms with Gasteiger partial charge in [-0.05, 0) is 24.3 Å². The highest BCUT2D eigenvalue weighted by atomic mass is 16.6. The van der Waals surface area contributed by atoms with E-state index in [0.29, 0.717) is 35.7 Å². The monoisotopic (exact) mass is 487 g/mol. The van der Waals surface area contributed by atoms with E-state index >= 15 is 0 Å². The van der Waals surface area contributed by atoms with Gasteiger partial charge in [-0.15, -0.1) is 0 Å². The average molecular weight is 488 g/mol. The topological polar surface area (TPSA) is 140 Å². The van der Waals surface area contributed by atoms with E-state index in [4.69, 9.17) is 15.2 Å². The Bertz CT molecular complexity index is 1340. The number of carbonyl (C=O) groups is 2. The molecule has 3 atom stereocenters. The first kappa shape index (κ1) is 23.2. The molecule has 4 N–H and O–H groups in total. The fourth-order valence-corrected chi connectivity index (χ4v) is 4.38. The lowest BCUT2D eigenvalue weighted by molar-refractivity contribution is -0.000417. The number of esters is 2. The SMILES string of the molecule is Nc1nc2c(c(=O)[nH]1)NCN2[C@H]1C=C[C@@H](COC(=O)c2ccccc2)[C@H](OC(=O)c2ccccc2)C1. The maximum atomic E-state index is 12.9. The summed E-state index contributed by atoms with van der Waals surface area (Å²) in [6, 6.07) is 17.2. The normalized spacial score (nSPS) is 20.3. The van der Waals surface area contributed by atoms with Gasteiger partial charge in [-0.25, -0.2) is 9.59 Å². The van der Waals surface area contributed by atoms with E-state index in [0.717, 1.165) is 0 Å². The molecule has 0 unspecified atom stereocenters. The molecule has 0 radical (unpaired) electrons. The Labute approximate surface area is 206 Å². The van der Waals surface area contributed by atoms with E-state index in [2.05, 4.69) is 15.3 Å². The van der Waals surface area contributed by atoms with Crippen LogP contribution in [0.15, 0.2) is 77.6 Å². The summed E-state index contributed by atoms with van der Waals surface area (Å²) in [4.78, 5) is 46.3. The van der Waals surface area contributed by atoms with Gasteiger partial charge in [-0.3, -0.25) is 9.78 Å². The number of hydrogen-bond acceptors (Lipinski definition) is 9. The Hall–Kier alpha value is -4.60. The van der Waals surface area contributed by atoms with Gasteiger partial charge in [0, 0.05) is 12.3 Å². The number of rotatable bonds is 6. The number of carbonyl (C=O) groups excluding carboxylic acids is 2. The van der Waals surface area contributed by atoms with E-state index in [1.165, 1.54) is 0 Å². The van der Waals surface area contributed by atoms with E-state index in [9.17, 15) is 14.4 Å². The van der Waals surface area contributed by atoms with Crippen LogP contribution in [0.3, 0.4) is 0 Å². The van der Waals surface area contributed by atoms with Crippen molar-refractivity contribution in [3.05, 3.63) is 94.3 Å². The van der Waals surface area contributed by atoms with Gasteiger partial charge in [-0.2, -0.15) is 4.98 Å². The van der Waals surface area contributed by atoms with Gasteiger partial charge in [0.15, 0.2) is 5.82 Å². The number of nitrogens with zero attached hydrogens (tertiary/aromatic N) is 2. The predicted octanol–water partition coefficient (Wildman–Crippen LogP) is 2.57. The Kier molecular flexibility index (Phi) is 6.40. The van der Waals surface area contributed by atoms with Crippen molar-refractivity contribution < 1.29 is 19.1 Å². The molecule has 1 aromatic heterocycles. The molecule has 0 spiro atoms. The van der Waals surface area contributed by atoms with Crippen molar-refractivity contribution in [2.45, 2.75) is 18.6 Å². The molecule has 36 heavy (non-hydrogen) atoms. The number of aromatic nitrogens is 2. The number of nitrogens with one attached hydrogen (secondary N) is 2. The minimum absolute atomic E-state index is 0.0185. The lowest BCUT2D eigenvalue weighted by atomic mass is 9.89. The summed E-state index contributed by atoms with van der Waals surface area (Å²) in [5.74, 6) is -0.810. The van der Waals surface area contributed by atoms with Crippen molar-refractivity contribution >= 4 is 29.4 Å². The number of nitrogen functional groups attached to an aromatic ring is 1. The van der Waals surface area contributed by atoms with Crippen molar-refractivity contribution in [1.82, 2.24) is 9.97 Å². The molecular weight excluding hydrogens is 462 g/mol. The highest BCUT2D eigenvalue weighted by molar-refractivity contribution is 5.90. The van der Waals surface area contributed by atoms with Crippen LogP contribution >= 0.6 is 0 Å². The molecule has 0 amide bonds. The van der Waals surface area contributed by atoms with Crippen LogP contribution in [-0.4, -0.2) is 47.3 Å². The number of nitrogens with two attached hydrogens (primary N) is 1. The van der Waals surface area contributed by atoms with Crippen LogP contribution in [0.25, 0.3) is 0 Å². The Morgan fingerprint density at radius 1 is 1.00 bits per heavy atom. The maximum absolute atomic E-state index is 12.9. The van der Waals surface area contributed by atoms with E-state index in [-0.39, 0.29) is 30.1 Å². The highest BCUT2D eigenvalue weighted by Crippen LogP contribution is 2.33. The van der Waals surface area contributed by atoms with Gasteiger partial charge >= 0.3 is 11.9 Å². The second-order valence-corrected chi connectivity index (χ2v) is 8.58. The van der Waals surface area contributed by atoms with Crippen molar-refractivity contribution in [3.63, 3.8) is 0 Å². The van der Waals surface area contributed by atoms with E-state index < -0.39 is 18.0 Å². The van der Waals surface area contributed by atoms with Crippen LogP contribution in [-0.2, 0) is 9.47 Å². The molecule has 184 valence electrons. The minimum Gasteiger partial charge on any atom is -0.461 e. The van der Waals surface area contributed by atoms with Crippen molar-refractivity contribution in [2.24, 2.45) is 5.92 Å². The third-order valence-corrected chi connectivity index (χ3v) is 6.23. The molecule has 0 saturated carbocycles. The molecule has 0 bridgehead atoms. The first-order valence-electron chi connectivity index (χ1n) is 11.6. The molecule has 1 aliphatic carbocycles. The van der Waals surface area contributed by atoms with Gasteiger partial charge in [-0.1, -0.05) is 48.6 Å². The van der Waals surface area contributed by atoms with Crippen LogP contribution in [0.2, 0.25) is 0 Å². The quantitative estimate of drug-likeness (QED) is 0.353. The van der Waals surface area contributed by atoms with Crippen LogP contribution in [0.1, 0.15) is 27.1 Å². The first-order chi connectivity index (χ1) is 17.5. The minimum atomic E-state index is -0.584. The summed E-state index contributed by atoms with van der Waals surface area (Å²) in [6.45, 7) is 0.389. The number of aromatic amines is 1. The fraction of sp³-hybridized carbons (Fsp3) is 0.231. The van der Waals surface area contributed by atoms with Gasteiger partial charge in [0.2, 0.25) is 5.95 Å². The Balaban J connectivity index is 1.36. The molecule has 2 aromatic carbocycles. The third-order valence-electron chi connectivity index (χ3n) is 6.23. The molecular formula is C26H25N5O5. The van der Waals surface area contributed by atoms with Crippen LogP contribution < -0.4 is 21.5 Å². The number of H-pyrrole nitrogens is 1. The molecule has 0 fully saturated rings. The molecule has 5 rings (SSSR count). The fourth-order valence-electron chi connectivity index (χ4n) is 4.38. The summed E-state index contributed by atoms with van der Waals surface area (Å²) >= 11 is 0. The maximum Gasteiger partial charge on any atom is 0.338 e. The average Bonchev–Trinajstić information content (AvgIpc) is 3.33. The molecule has 3 aromatic rings. The summed E-state index contributed by atoms with van der Waals surface area (Å²) in [5, 5.41) is 3.05. The number of benzene rings is 2. The van der Waals surface area contributed by atoms with Gasteiger partial charge in [0.25, 0.3) is 5.56 Å². The summed E-state index contributed by atoms with van der Waals surface area (Å²) < 4.78 is 11.5. The lowest BCUT2D eigenvalue weighted by Crippen LogP contribution is -2.43. The van der Waals surface area contributed by atoms with Crippen LogP contribution in [0, 0.1) is 5.92 Å². The number of fused-ring (bicyclic) bond motifs is 1. The molecule has 2 aliphatic rings. The Morgan fingerprint density at radius 3 is 2.36 bits per heavy atom. The molecule has 0 saturated heterocycles. The third kappa shape index (κ3) is 4.78. The van der Waals surface area contributed by atoms with Crippen molar-refractivity contribution in [2.75, 3.05) is 29.2 Å². The van der Waals surface area contributed by atoms with Gasteiger partial charge < -0.3 is 25.4 Å². The number of ether oxygens (including phenoxy) is 2. The van der Waals surface area contributed by atoms with Gasteiger partial charge in [0.1, 0.15) is 18.4 Å². The van der Waals surface area contributed by atoms with Crippen molar-refractivity contribution in [3.8, 4) is 0 Å². The predicted molar refractivity (Wildman–Crippen MR) is 134 cm³/mol. The highest BCUT2D eigenvalue weighted by Gasteiger charge is 2.36. The standard InChI is InChI=1S/C26H25N5O5/c27-26-29-22-21(23(32)30-26)28-15-31(22)19-12-11-18(14-35-24(33)16-7-3-1-4-8-16)20(13-19)36-25(34)17-9-5-2-6-10-17/h1-12,18-20,28H,13-15H2,(H3,27,29,30,32)/t18-,19-,20+/m0/s1. The Morgan fingerprint density at radius 2 is 1.67 bits per heavy atom. The van der Waals surface area contributed by atoms with Gasteiger partial charge in [0.05, 0.1) is 23.8 Å². The molecule has 10 heteroatoms. The van der Waals surface area contributed by atoms with Crippen LogP contribution in [0.4, 0.5) is 17.5 Å². The zero-order valence-electron chi connectivity index (χ0n) is 19.3. The summed E-state index contributed by atoms with van der Waals surface area (Å²) in [7, 11) is 0. The zero-order chi connectivity index (χ0) is 25.1.